The van der Waals surface area contributed by atoms with E-state index in [0.717, 1.165) is 6.92 Å². The minimum Gasteiger partial charge on any atom is -0.462 e. The molecule has 1 saturated heterocycles. The number of ether oxygens (including phenoxy) is 2. The van der Waals surface area contributed by atoms with E-state index in [9.17, 15) is 37.2 Å². The van der Waals surface area contributed by atoms with Gasteiger partial charge in [-0.25, -0.2) is 18.1 Å². The first-order chi connectivity index (χ1) is 18.5. The lowest BCUT2D eigenvalue weighted by Gasteiger charge is -2.34. The van der Waals surface area contributed by atoms with Gasteiger partial charge in [0.25, 0.3) is 12.0 Å². The largest absolute Gasteiger partial charge is 0.462 e. The van der Waals surface area contributed by atoms with Crippen LogP contribution < -0.4 is 20.9 Å². The molecular formula is C22H25F5N3O9P. The van der Waals surface area contributed by atoms with Crippen LogP contribution in [0.1, 0.15) is 27.0 Å². The van der Waals surface area contributed by atoms with Gasteiger partial charge in [0.2, 0.25) is 11.4 Å². The number of carbonyl (C=O) groups excluding carboxylic acids is 1. The van der Waals surface area contributed by atoms with Crippen LogP contribution in [0.5, 0.6) is 5.75 Å². The van der Waals surface area contributed by atoms with Crippen molar-refractivity contribution in [2.45, 2.75) is 63.2 Å². The highest BCUT2D eigenvalue weighted by atomic mass is 31.2. The molecule has 3 N–H and O–H groups in total. The van der Waals surface area contributed by atoms with E-state index in [2.05, 4.69) is 5.09 Å². The first-order valence-corrected chi connectivity index (χ1v) is 13.1. The topological polar surface area (TPSA) is 158 Å². The zero-order valence-corrected chi connectivity index (χ0v) is 21.9. The third kappa shape index (κ3) is 6.28. The molecule has 0 radical (unpaired) electrons. The Balaban J connectivity index is 1.98. The van der Waals surface area contributed by atoms with Crippen molar-refractivity contribution in [3.63, 3.8) is 0 Å². The molecule has 0 aliphatic carbocycles. The van der Waals surface area contributed by atoms with E-state index in [-0.39, 0.29) is 16.5 Å². The van der Waals surface area contributed by atoms with E-state index in [4.69, 9.17) is 18.5 Å². The van der Waals surface area contributed by atoms with Crippen molar-refractivity contribution >= 4 is 13.7 Å². The van der Waals surface area contributed by atoms with E-state index >= 15 is 8.78 Å². The number of aromatic amines is 1. The van der Waals surface area contributed by atoms with Crippen LogP contribution in [0.4, 0.5) is 22.0 Å². The fraction of sp³-hybridized carbons (Fsp3) is 0.500. The quantitative estimate of drug-likeness (QED) is 0.198. The van der Waals surface area contributed by atoms with Crippen molar-refractivity contribution in [2.24, 2.45) is 0 Å². The van der Waals surface area contributed by atoms with Crippen molar-refractivity contribution < 1.29 is 54.9 Å². The number of nitrogens with zero attached hydrogens (tertiary/aromatic N) is 1. The molecule has 1 aromatic carbocycles. The summed E-state index contributed by atoms with van der Waals surface area (Å²) in [4.78, 5) is 37.0. The van der Waals surface area contributed by atoms with Gasteiger partial charge in [0.15, 0.2) is 12.3 Å². The second-order valence-electron chi connectivity index (χ2n) is 8.92. The van der Waals surface area contributed by atoms with Crippen molar-refractivity contribution in [2.75, 3.05) is 6.61 Å². The zero-order chi connectivity index (χ0) is 30.0. The average Bonchev–Trinajstić information content (AvgIpc) is 3.06. The summed E-state index contributed by atoms with van der Waals surface area (Å²) in [6.07, 6.45) is -10.5. The summed E-state index contributed by atoms with van der Waals surface area (Å²) >= 11 is 0. The Morgan fingerprint density at radius 1 is 1.23 bits per heavy atom. The number of rotatable bonds is 11. The molecule has 1 fully saturated rings. The Hall–Kier alpha value is -3.11. The van der Waals surface area contributed by atoms with Gasteiger partial charge in [-0.15, -0.1) is 0 Å². The van der Waals surface area contributed by atoms with E-state index in [1.54, 1.807) is 0 Å². The summed E-state index contributed by atoms with van der Waals surface area (Å²) in [5.74, 6) is -7.74. The Kier molecular flexibility index (Phi) is 9.26. The van der Waals surface area contributed by atoms with E-state index < -0.39 is 79.8 Å². The molecule has 0 bridgehead atoms. The fourth-order valence-corrected chi connectivity index (χ4v) is 5.07. The Labute approximate surface area is 222 Å². The maximum Gasteiger partial charge on any atom is 0.459 e. The highest BCUT2D eigenvalue weighted by Gasteiger charge is 2.74. The number of halogens is 5. The molecular weight excluding hydrogens is 576 g/mol. The number of esters is 1. The smallest absolute Gasteiger partial charge is 0.459 e. The molecule has 1 aliphatic heterocycles. The van der Waals surface area contributed by atoms with Gasteiger partial charge in [-0.1, -0.05) is 18.2 Å². The number of hydrogen-bond acceptors (Lipinski definition) is 9. The number of nitrogens with one attached hydrogen (secondary N) is 2. The predicted octanol–water partition coefficient (Wildman–Crippen LogP) is 2.34. The van der Waals surface area contributed by atoms with Crippen LogP contribution in [0.15, 0.2) is 46.1 Å². The fourth-order valence-electron chi connectivity index (χ4n) is 3.55. The van der Waals surface area contributed by atoms with Crippen LogP contribution in [0.25, 0.3) is 0 Å². The number of H-pyrrole nitrogens is 1. The Bertz CT molecular complexity index is 1370. The number of aliphatic hydroxyl groups excluding tert-OH is 1. The summed E-state index contributed by atoms with van der Waals surface area (Å²) < 4.78 is 106. The predicted molar refractivity (Wildman–Crippen MR) is 126 cm³/mol. The van der Waals surface area contributed by atoms with Gasteiger partial charge < -0.3 is 19.1 Å². The molecule has 0 amide bonds. The maximum absolute atomic E-state index is 15.3. The number of carbonyl (C=O) groups is 1. The minimum absolute atomic E-state index is 0.0538. The second kappa shape index (κ2) is 11.8. The monoisotopic (exact) mass is 601 g/mol. The summed E-state index contributed by atoms with van der Waals surface area (Å²) in [5, 5.41) is 12.3. The zero-order valence-electron chi connectivity index (χ0n) is 21.1. The number of benzene rings is 1. The first kappa shape index (κ1) is 31.4. The van der Waals surface area contributed by atoms with E-state index in [1.807, 2.05) is 0 Å². The highest BCUT2D eigenvalue weighted by Crippen LogP contribution is 2.54. The average molecular weight is 601 g/mol. The van der Waals surface area contributed by atoms with Crippen molar-refractivity contribution in [3.8, 4) is 5.75 Å². The highest BCUT2D eigenvalue weighted by molar-refractivity contribution is 7.52. The van der Waals surface area contributed by atoms with Crippen molar-refractivity contribution in [1.29, 1.82) is 0 Å². The first-order valence-electron chi connectivity index (χ1n) is 11.5. The lowest BCUT2D eigenvalue weighted by Crippen LogP contribution is -2.57. The van der Waals surface area contributed by atoms with Gasteiger partial charge >= 0.3 is 25.3 Å². The SMILES string of the molecule is CC(C)OC(=O)C(C)NP(=O)(OCC1(C(F)F)OC(n2cc(F)c(=O)[nH]c2=O)C(O)C1(F)F)Oc1ccccc1. The standard InChI is InChI=1S/C22H25F5N3O9P/c1-11(2)37-18(33)12(3)29-40(35,39-13-7-5-4-6-8-13)36-10-21(19(24)25)22(26,27)15(31)17(38-21)30-9-14(23)16(32)28-20(30)34/h4-9,11-12,15,17,19,31H,10H2,1-3H3,(H,29,35)(H,28,32,34). The van der Waals surface area contributed by atoms with Crippen LogP contribution in [0.3, 0.4) is 0 Å². The number of para-hydroxylation sites is 1. The minimum atomic E-state index is -4.98. The van der Waals surface area contributed by atoms with Gasteiger partial charge in [0.05, 0.1) is 18.9 Å². The van der Waals surface area contributed by atoms with Gasteiger partial charge in [-0.3, -0.25) is 23.7 Å². The lowest BCUT2D eigenvalue weighted by molar-refractivity contribution is -0.242. The van der Waals surface area contributed by atoms with Crippen LogP contribution in [-0.4, -0.2) is 63.4 Å². The molecule has 18 heteroatoms. The molecule has 1 aromatic heterocycles. The van der Waals surface area contributed by atoms with E-state index in [1.165, 1.54) is 49.2 Å². The lowest BCUT2D eigenvalue weighted by atomic mass is 9.95. The Morgan fingerprint density at radius 2 is 1.85 bits per heavy atom. The maximum atomic E-state index is 15.3. The molecule has 0 saturated carbocycles. The van der Waals surface area contributed by atoms with Gasteiger partial charge in [-0.05, 0) is 32.9 Å². The number of aliphatic hydroxyl groups is 1. The van der Waals surface area contributed by atoms with Crippen LogP contribution >= 0.6 is 7.75 Å². The molecule has 1 aliphatic rings. The number of hydrogen-bond donors (Lipinski definition) is 3. The third-order valence-corrected chi connectivity index (χ3v) is 7.19. The molecule has 5 unspecified atom stereocenters. The van der Waals surface area contributed by atoms with Crippen molar-refractivity contribution in [3.05, 3.63) is 63.2 Å². The molecule has 40 heavy (non-hydrogen) atoms. The summed E-state index contributed by atoms with van der Waals surface area (Å²) in [5.41, 5.74) is -7.18. The van der Waals surface area contributed by atoms with Gasteiger partial charge in [-0.2, -0.15) is 18.3 Å². The molecule has 222 valence electrons. The molecule has 12 nitrogen and oxygen atoms in total. The molecule has 2 aromatic rings. The number of aromatic nitrogens is 2. The van der Waals surface area contributed by atoms with Crippen LogP contribution in [-0.2, 0) is 23.4 Å². The molecule has 5 atom stereocenters. The van der Waals surface area contributed by atoms with Crippen LogP contribution in [0, 0.1) is 5.82 Å². The third-order valence-electron chi connectivity index (χ3n) is 5.56. The van der Waals surface area contributed by atoms with Crippen LogP contribution in [0.2, 0.25) is 0 Å². The molecule has 3 rings (SSSR count). The Morgan fingerprint density at radius 3 is 2.42 bits per heavy atom. The van der Waals surface area contributed by atoms with Gasteiger partial charge in [0, 0.05) is 0 Å². The van der Waals surface area contributed by atoms with Crippen molar-refractivity contribution in [1.82, 2.24) is 14.6 Å². The second-order valence-corrected chi connectivity index (χ2v) is 10.6. The molecule has 2 heterocycles. The normalized spacial score (nSPS) is 24.6. The van der Waals surface area contributed by atoms with E-state index in [0.29, 0.717) is 0 Å². The van der Waals surface area contributed by atoms with Gasteiger partial charge in [0.1, 0.15) is 11.8 Å². The summed E-state index contributed by atoms with van der Waals surface area (Å²) in [6, 6.07) is 5.44. The number of alkyl halides is 4. The summed E-state index contributed by atoms with van der Waals surface area (Å²) in [7, 11) is -4.98. The molecule has 0 spiro atoms. The summed E-state index contributed by atoms with van der Waals surface area (Å²) in [6.45, 7) is 2.23.